The molecule has 0 bridgehead atoms. The fourth-order valence-corrected chi connectivity index (χ4v) is 0.141. The van der Waals surface area contributed by atoms with Crippen LogP contribution in [0.4, 0.5) is 0 Å². The highest BCUT2D eigenvalue weighted by atomic mass is 15.5. The maximum absolute atomic E-state index is 3.38. The van der Waals surface area contributed by atoms with Crippen molar-refractivity contribution in [2.45, 2.75) is 0 Å². The quantitative estimate of drug-likeness (QED) is 0.404. The molecule has 0 amide bonds. The summed E-state index contributed by atoms with van der Waals surface area (Å²) >= 11 is 0. The van der Waals surface area contributed by atoms with Crippen LogP contribution in [0.5, 0.6) is 0 Å². The van der Waals surface area contributed by atoms with Crippen LogP contribution in [0.3, 0.4) is 0 Å². The Kier molecular flexibility index (Phi) is 0.428. The van der Waals surface area contributed by atoms with Crippen molar-refractivity contribution in [2.75, 3.05) is 6.67 Å². The monoisotopic (exact) mass is 70.0 g/mol. The van der Waals surface area contributed by atoms with E-state index in [0.29, 0.717) is 6.67 Å². The highest BCUT2D eigenvalue weighted by Gasteiger charge is 1.76. The second-order valence-electron chi connectivity index (χ2n) is 0.603. The smallest absolute Gasteiger partial charge is 0.142 e. The molecule has 0 radical (unpaired) electrons. The van der Waals surface area contributed by atoms with Crippen LogP contribution in [-0.4, -0.2) is 6.67 Å². The van der Waals surface area contributed by atoms with Gasteiger partial charge in [-0.05, 0) is 10.4 Å². The first-order valence-corrected chi connectivity index (χ1v) is 1.23. The van der Waals surface area contributed by atoms with Crippen molar-refractivity contribution in [1.82, 2.24) is 0 Å². The molecule has 1 aliphatic heterocycles. The van der Waals surface area contributed by atoms with Crippen LogP contribution in [0.1, 0.15) is 0 Å². The predicted octanol–water partition coefficient (Wildman–Crippen LogP) is 0.777. The van der Waals surface area contributed by atoms with Gasteiger partial charge in [-0.3, -0.25) is 0 Å². The Morgan fingerprint density at radius 2 is 1.60 bits per heavy atom. The lowest BCUT2D eigenvalue weighted by molar-refractivity contribution is 1.05. The highest BCUT2D eigenvalue weighted by Crippen LogP contribution is 1.87. The molecule has 0 saturated carbocycles. The topological polar surface area (TPSA) is 49.4 Å². The Morgan fingerprint density at radius 3 is 1.80 bits per heavy atom. The van der Waals surface area contributed by atoms with Crippen LogP contribution < -0.4 is 0 Å². The van der Waals surface area contributed by atoms with E-state index in [0.717, 1.165) is 0 Å². The SMILES string of the molecule is C1N=NN=N1. The molecular formula is CH2N4. The van der Waals surface area contributed by atoms with Crippen molar-refractivity contribution in [3.05, 3.63) is 0 Å². The molecule has 0 aromatic heterocycles. The predicted molar refractivity (Wildman–Crippen MR) is 14.6 cm³/mol. The molecule has 0 atom stereocenters. The third kappa shape index (κ3) is 0.261. The molecule has 0 aromatic carbocycles. The molecule has 1 rings (SSSR count). The van der Waals surface area contributed by atoms with Gasteiger partial charge in [0.2, 0.25) is 0 Å². The van der Waals surface area contributed by atoms with Crippen LogP contribution >= 0.6 is 0 Å². The Labute approximate surface area is 28.6 Å². The average Bonchev–Trinajstić information content (AvgIpc) is 1.76. The maximum Gasteiger partial charge on any atom is 0.175 e. The van der Waals surface area contributed by atoms with Crippen LogP contribution in [0, 0.1) is 0 Å². The number of rotatable bonds is 0. The van der Waals surface area contributed by atoms with E-state index in [1.54, 1.807) is 0 Å². The molecule has 0 saturated heterocycles. The first-order valence-electron chi connectivity index (χ1n) is 1.23. The van der Waals surface area contributed by atoms with Crippen LogP contribution in [0.15, 0.2) is 20.7 Å². The number of hydrogen-bond acceptors (Lipinski definition) is 4. The van der Waals surface area contributed by atoms with Crippen molar-refractivity contribution in [1.29, 1.82) is 0 Å². The third-order valence-corrected chi connectivity index (χ3v) is 0.293. The Balaban J connectivity index is 2.61. The summed E-state index contributed by atoms with van der Waals surface area (Å²) in [5.74, 6) is 0. The van der Waals surface area contributed by atoms with Gasteiger partial charge < -0.3 is 0 Å². The molecule has 5 heavy (non-hydrogen) atoms. The summed E-state index contributed by atoms with van der Waals surface area (Å²) in [6.45, 7) is 0.417. The molecule has 1 aliphatic rings. The van der Waals surface area contributed by atoms with E-state index >= 15 is 0 Å². The molecule has 0 N–H and O–H groups in total. The van der Waals surface area contributed by atoms with E-state index in [9.17, 15) is 0 Å². The van der Waals surface area contributed by atoms with Gasteiger partial charge in [-0.25, -0.2) is 0 Å². The second kappa shape index (κ2) is 0.878. The van der Waals surface area contributed by atoms with Crippen LogP contribution in [0.2, 0.25) is 0 Å². The van der Waals surface area contributed by atoms with Gasteiger partial charge in [0.05, 0.1) is 0 Å². The normalized spacial score (nSPS) is 17.6. The van der Waals surface area contributed by atoms with Gasteiger partial charge in [0.25, 0.3) is 0 Å². The maximum atomic E-state index is 3.38. The van der Waals surface area contributed by atoms with Crippen molar-refractivity contribution in [3.8, 4) is 0 Å². The van der Waals surface area contributed by atoms with Gasteiger partial charge in [0.1, 0.15) is 0 Å². The summed E-state index contributed by atoms with van der Waals surface area (Å²) in [6, 6.07) is 0. The van der Waals surface area contributed by atoms with E-state index < -0.39 is 0 Å². The lowest BCUT2D eigenvalue weighted by Crippen LogP contribution is -1.52. The summed E-state index contributed by atoms with van der Waals surface area (Å²) in [4.78, 5) is 0. The fourth-order valence-electron chi connectivity index (χ4n) is 0.141. The van der Waals surface area contributed by atoms with E-state index in [1.165, 1.54) is 0 Å². The van der Waals surface area contributed by atoms with E-state index in [2.05, 4.69) is 20.7 Å². The molecule has 4 nitrogen and oxygen atoms in total. The molecule has 0 unspecified atom stereocenters. The van der Waals surface area contributed by atoms with Crippen molar-refractivity contribution in [2.24, 2.45) is 20.7 Å². The Hall–Kier alpha value is -0.800. The molecule has 1 heterocycles. The van der Waals surface area contributed by atoms with Crippen LogP contribution in [-0.2, 0) is 0 Å². The summed E-state index contributed by atoms with van der Waals surface area (Å²) in [5, 5.41) is 13.1. The van der Waals surface area contributed by atoms with Gasteiger partial charge in [-0.1, -0.05) is 0 Å². The molecular weight excluding hydrogens is 68.0 g/mol. The van der Waals surface area contributed by atoms with Gasteiger partial charge >= 0.3 is 0 Å². The number of nitrogens with zero attached hydrogens (tertiary/aromatic N) is 4. The summed E-state index contributed by atoms with van der Waals surface area (Å²) in [5.41, 5.74) is 0. The third-order valence-electron chi connectivity index (χ3n) is 0.293. The van der Waals surface area contributed by atoms with Crippen LogP contribution in [0.25, 0.3) is 0 Å². The molecule has 0 aromatic rings. The Morgan fingerprint density at radius 1 is 1.00 bits per heavy atom. The zero-order chi connectivity index (χ0) is 3.54. The van der Waals surface area contributed by atoms with Gasteiger partial charge in [-0.15, -0.1) is 10.2 Å². The van der Waals surface area contributed by atoms with Crippen molar-refractivity contribution < 1.29 is 0 Å². The largest absolute Gasteiger partial charge is 0.175 e. The zero-order valence-corrected chi connectivity index (χ0v) is 2.50. The van der Waals surface area contributed by atoms with Gasteiger partial charge in [0.15, 0.2) is 6.67 Å². The first kappa shape index (κ1) is 2.44. The van der Waals surface area contributed by atoms with E-state index in [4.69, 9.17) is 0 Å². The van der Waals surface area contributed by atoms with E-state index in [-0.39, 0.29) is 0 Å². The second-order valence-corrected chi connectivity index (χ2v) is 0.603. The highest BCUT2D eigenvalue weighted by molar-refractivity contribution is 4.30. The summed E-state index contributed by atoms with van der Waals surface area (Å²) in [7, 11) is 0. The summed E-state index contributed by atoms with van der Waals surface area (Å²) < 4.78 is 0. The number of hydrogen-bond donors (Lipinski definition) is 0. The fraction of sp³-hybridized carbons (Fsp3) is 1.00. The Bertz CT molecular complexity index is 61.7. The van der Waals surface area contributed by atoms with Gasteiger partial charge in [-0.2, -0.15) is 0 Å². The van der Waals surface area contributed by atoms with Gasteiger partial charge in [0, 0.05) is 0 Å². The minimum absolute atomic E-state index is 0.417. The molecule has 4 heteroatoms. The minimum Gasteiger partial charge on any atom is -0.142 e. The standard InChI is InChI=1S/CH2N4/c1-2-4-5-3-1/h1H2. The zero-order valence-electron chi connectivity index (χ0n) is 2.50. The lowest BCUT2D eigenvalue weighted by atomic mass is 11.2. The lowest BCUT2D eigenvalue weighted by Gasteiger charge is -1.52. The molecule has 0 spiro atoms. The van der Waals surface area contributed by atoms with Crippen molar-refractivity contribution >= 4 is 0 Å². The average molecular weight is 70.1 g/mol. The van der Waals surface area contributed by atoms with E-state index in [1.807, 2.05) is 0 Å². The van der Waals surface area contributed by atoms with Crippen molar-refractivity contribution in [3.63, 3.8) is 0 Å². The summed E-state index contributed by atoms with van der Waals surface area (Å²) in [6.07, 6.45) is 0. The first-order chi connectivity index (χ1) is 2.50. The minimum atomic E-state index is 0.417. The molecule has 0 fully saturated rings. The molecule has 0 aliphatic carbocycles. The molecule has 26 valence electrons.